The molecule has 0 bridgehead atoms. The van der Waals surface area contributed by atoms with E-state index in [0.717, 1.165) is 85.8 Å². The third kappa shape index (κ3) is 18.5. The number of benzene rings is 4. The molecule has 6 atom stereocenters. The summed E-state index contributed by atoms with van der Waals surface area (Å²) in [6.07, 6.45) is 3.62. The molecule has 4 aromatic carbocycles. The monoisotopic (exact) mass is 1630 g/mol. The van der Waals surface area contributed by atoms with Crippen molar-refractivity contribution in [3.05, 3.63) is 176 Å². The van der Waals surface area contributed by atoms with Crippen molar-refractivity contribution in [2.75, 3.05) is 65.4 Å². The van der Waals surface area contributed by atoms with Crippen molar-refractivity contribution in [3.63, 3.8) is 0 Å². The number of carboxylic acids is 4. The fraction of sp³-hybridized carbons (Fsp3) is 0.457. The predicted molar refractivity (Wildman–Crippen MR) is 437 cm³/mol. The van der Waals surface area contributed by atoms with E-state index in [2.05, 4.69) is 70.0 Å². The number of β-amino-alcohol motifs (C(OH)–C–C–N with tert-alkyl or cyclic N) is 1. The van der Waals surface area contributed by atoms with E-state index in [1.807, 2.05) is 123 Å². The summed E-state index contributed by atoms with van der Waals surface area (Å²) in [4.78, 5) is 191. The zero-order valence-corrected chi connectivity index (χ0v) is 67.0. The predicted octanol–water partition coefficient (Wildman–Crippen LogP) is 2.37. The van der Waals surface area contributed by atoms with Crippen molar-refractivity contribution >= 4 is 68.0 Å². The molecule has 38 nitrogen and oxygen atoms in total. The lowest BCUT2D eigenvalue weighted by Gasteiger charge is -2.34. The number of rotatable bonds is 17. The van der Waals surface area contributed by atoms with Gasteiger partial charge in [-0.25, -0.2) is 39.1 Å². The van der Waals surface area contributed by atoms with Gasteiger partial charge in [0.1, 0.15) is 0 Å². The minimum absolute atomic E-state index is 0.0860. The number of aryl methyl sites for hydroxylation is 8. The van der Waals surface area contributed by atoms with Gasteiger partial charge in [-0.2, -0.15) is 19.9 Å². The summed E-state index contributed by atoms with van der Waals surface area (Å²) in [7, 11) is 0. The number of piperidine rings is 3. The number of likely N-dealkylation sites (tertiary alicyclic amines) is 3. The van der Waals surface area contributed by atoms with E-state index in [1.165, 1.54) is 0 Å². The van der Waals surface area contributed by atoms with Gasteiger partial charge < -0.3 is 64.0 Å². The number of nitrogens with one attached hydrogen (secondary N) is 5. The first-order chi connectivity index (χ1) is 56.7. The number of hydrogen-bond donors (Lipinski definition) is 11. The molecular formula is C81H94N20O18. The van der Waals surface area contributed by atoms with E-state index in [0.29, 0.717) is 133 Å². The van der Waals surface area contributed by atoms with E-state index in [9.17, 15) is 83.1 Å². The summed E-state index contributed by atoms with van der Waals surface area (Å²) >= 11 is 0. The molecule has 119 heavy (non-hydrogen) atoms. The number of H-pyrrole nitrogens is 4. The molecule has 4 aromatic rings. The first kappa shape index (κ1) is 84.6. The molecule has 1 saturated carbocycles. The summed E-state index contributed by atoms with van der Waals surface area (Å²) in [5.74, 6) is -4.86. The Bertz CT molecular complexity index is 6300. The molecule has 11 heterocycles. The number of nitrogens with zero attached hydrogens (tertiary/aromatic N) is 15. The molecule has 0 spiro atoms. The van der Waals surface area contributed by atoms with Crippen molar-refractivity contribution in [1.29, 1.82) is 0 Å². The number of aliphatic carboxylic acids is 4. The summed E-state index contributed by atoms with van der Waals surface area (Å²) in [5.41, 5.74) is 9.36. The third-order valence-corrected chi connectivity index (χ3v) is 23.5. The molecule has 38 heteroatoms. The Morgan fingerprint density at radius 1 is 0.353 bits per heavy atom. The van der Waals surface area contributed by atoms with Crippen molar-refractivity contribution in [2.24, 2.45) is 23.7 Å². The van der Waals surface area contributed by atoms with Crippen molar-refractivity contribution < 1.29 is 49.8 Å². The second kappa shape index (κ2) is 35.4. The van der Waals surface area contributed by atoms with Gasteiger partial charge >= 0.3 is 46.6 Å². The van der Waals surface area contributed by atoms with Gasteiger partial charge in [0, 0.05) is 78.0 Å². The average molecular weight is 1640 g/mol. The summed E-state index contributed by atoms with van der Waals surface area (Å²) in [6, 6.07) is 15.4. The quantitative estimate of drug-likeness (QED) is 0.0583. The molecular weight excluding hydrogens is 1540 g/mol. The highest BCUT2D eigenvalue weighted by Crippen LogP contribution is 2.31. The number of aromatic nitrogens is 16. The number of aromatic amines is 4. The number of aliphatic hydroxyl groups excluding tert-OH is 2. The largest absolute Gasteiger partial charge is 0.481 e. The molecule has 6 unspecified atom stereocenters. The maximum atomic E-state index is 12.3. The highest BCUT2D eigenvalue weighted by atomic mass is 16.4. The van der Waals surface area contributed by atoms with Gasteiger partial charge in [0.15, 0.2) is 46.1 Å². The Kier molecular flexibility index (Phi) is 25.2. The van der Waals surface area contributed by atoms with Crippen LogP contribution in [0.5, 0.6) is 0 Å². The van der Waals surface area contributed by atoms with Crippen molar-refractivity contribution in [1.82, 2.24) is 98.1 Å². The van der Waals surface area contributed by atoms with Crippen molar-refractivity contribution in [2.45, 2.75) is 151 Å². The lowest BCUT2D eigenvalue weighted by molar-refractivity contribution is -0.149. The maximum Gasteiger partial charge on any atom is 0.349 e. The van der Waals surface area contributed by atoms with Gasteiger partial charge in [0.25, 0.3) is 22.2 Å². The molecule has 4 fully saturated rings. The highest BCUT2D eigenvalue weighted by molar-refractivity contribution is 5.84. The normalized spacial score (nSPS) is 18.9. The Morgan fingerprint density at radius 3 is 1.03 bits per heavy atom. The highest BCUT2D eigenvalue weighted by Gasteiger charge is 2.36. The summed E-state index contributed by atoms with van der Waals surface area (Å²) < 4.78 is 7.30. The van der Waals surface area contributed by atoms with Crippen LogP contribution in [0, 0.1) is 79.1 Å². The van der Waals surface area contributed by atoms with E-state index < -0.39 is 98.8 Å². The third-order valence-electron chi connectivity index (χ3n) is 23.5. The molecule has 11 aliphatic heterocycles. The Balaban J connectivity index is 0.000000137. The van der Waals surface area contributed by atoms with Crippen LogP contribution in [0.1, 0.15) is 95.9 Å². The SMILES string of the molecule is Cc1cc2nc3c(=O)[nH]c(=O)nc-3n(CCN3CCC(C(=O)O)C(O)C3)c2cc1C.Cc1cc2nc3c(=O)[nH]c(=O)nc-3n(CCN3CCC(C(=O)O)CC3)c2cc1C.Cc1cc2nc3c(=O)[nH]c(=O)nc-3n(CCN3CCC(O)C(C(=O)O)C3)c2cc1C.Cc1cc2nc3c(=O)[nH]c(=O)nc-3n(CCNC3CCCCC3C(=O)O)c2cc1C. The van der Waals surface area contributed by atoms with E-state index in [4.69, 9.17) is 5.11 Å². The molecule has 626 valence electrons. The van der Waals surface area contributed by atoms with Crippen molar-refractivity contribution in [3.8, 4) is 46.1 Å². The number of hydrogen-bond acceptors (Lipinski definition) is 26. The van der Waals surface area contributed by atoms with Gasteiger partial charge in [-0.05, 0) is 207 Å². The van der Waals surface area contributed by atoms with E-state index in [1.54, 1.807) is 9.13 Å². The van der Waals surface area contributed by atoms with Crippen LogP contribution in [0.25, 0.3) is 90.2 Å². The van der Waals surface area contributed by atoms with Crippen LogP contribution in [0.4, 0.5) is 0 Å². The van der Waals surface area contributed by atoms with Crippen LogP contribution < -0.4 is 50.3 Å². The Morgan fingerprint density at radius 2 is 0.672 bits per heavy atom. The fourth-order valence-corrected chi connectivity index (χ4v) is 16.2. The van der Waals surface area contributed by atoms with Gasteiger partial charge in [0.05, 0.1) is 80.0 Å². The minimum Gasteiger partial charge on any atom is -0.481 e. The molecule has 1 aliphatic carbocycles. The Hall–Kier alpha value is -12.4. The first-order valence-corrected chi connectivity index (χ1v) is 39.5. The smallest absolute Gasteiger partial charge is 0.349 e. The lowest BCUT2D eigenvalue weighted by Crippen LogP contribution is -2.47. The second-order valence-electron chi connectivity index (χ2n) is 31.4. The van der Waals surface area contributed by atoms with Crippen LogP contribution in [0.15, 0.2) is 86.9 Å². The zero-order valence-electron chi connectivity index (χ0n) is 67.0. The number of carboxylic acid groups (broad SMARTS) is 4. The van der Waals surface area contributed by atoms with Gasteiger partial charge in [-0.3, -0.25) is 63.2 Å². The van der Waals surface area contributed by atoms with Gasteiger partial charge in [0.2, 0.25) is 0 Å². The molecule has 0 radical (unpaired) electrons. The van der Waals surface area contributed by atoms with Crippen LogP contribution in [0.3, 0.4) is 0 Å². The fourth-order valence-electron chi connectivity index (χ4n) is 16.2. The van der Waals surface area contributed by atoms with E-state index >= 15 is 0 Å². The molecule has 0 aromatic heterocycles. The standard InChI is InChI=1S/C21H25N5O4.2C20H23N5O5.C20H23N5O4/c1-11-9-15-16(10-12(11)2)26(18-17(23-15)19(27)25-21(30)24-18)8-7-22-14-6-4-3-5-13(14)20(28)29;1-10-7-13-14(8-11(10)2)25(17-16(21-13)18(27)23-20(30)22-17)6-5-24-4-3-15(26)12(9-24)19(28)29;1-10-7-13-14(8-11(10)2)25(17-16(21-13)18(27)23-20(30)22-17)6-5-24-4-3-12(19(28)29)15(26)9-24;1-11-9-14-15(10-12(11)2)25(17-16(21-14)18(26)23-20(29)22-17)8-7-24-5-3-13(4-6-24)19(27)28/h9-10,13-14,22H,3-8H2,1-2H3,(H,28,29)(H,25,27,30);2*7-8,12,15,26H,3-6,9H2,1-2H3,(H,28,29)(H,23,27,30);9-10,13H,3-8H2,1-2H3,(H,27,28)(H,23,26,29). The molecule has 3 saturated heterocycles. The topological polar surface area (TPSA) is 534 Å². The first-order valence-electron chi connectivity index (χ1n) is 39.5. The molecule has 11 N–H and O–H groups in total. The van der Waals surface area contributed by atoms with Crippen LogP contribution in [0.2, 0.25) is 0 Å². The van der Waals surface area contributed by atoms with Crippen LogP contribution >= 0.6 is 0 Å². The summed E-state index contributed by atoms with van der Waals surface area (Å²) in [6.45, 7) is 22.7. The minimum atomic E-state index is -1.02. The van der Waals surface area contributed by atoms with Gasteiger partial charge in [-0.1, -0.05) is 12.8 Å². The lowest BCUT2D eigenvalue weighted by atomic mass is 9.84. The van der Waals surface area contributed by atoms with E-state index in [-0.39, 0.29) is 71.1 Å². The summed E-state index contributed by atoms with van der Waals surface area (Å²) in [5, 5.41) is 60.6. The van der Waals surface area contributed by atoms with Gasteiger partial charge in [-0.15, -0.1) is 0 Å². The average Bonchev–Trinajstić information content (AvgIpc) is 0.770. The Labute approximate surface area is 675 Å². The number of carbonyl (C=O) groups is 4. The van der Waals surface area contributed by atoms with Crippen LogP contribution in [-0.4, -0.2) is 231 Å². The molecule has 12 aliphatic rings. The number of aliphatic hydroxyl groups is 2. The number of fused-ring (bicyclic) bond motifs is 8. The maximum absolute atomic E-state index is 12.3. The molecule has 0 amide bonds. The van der Waals surface area contributed by atoms with Crippen LogP contribution in [-0.2, 0) is 45.4 Å². The second-order valence-corrected chi connectivity index (χ2v) is 31.4. The zero-order chi connectivity index (χ0) is 85.3. The molecule has 16 rings (SSSR count).